The lowest BCUT2D eigenvalue weighted by Gasteiger charge is -2.16. The van der Waals surface area contributed by atoms with Gasteiger partial charge in [-0.25, -0.2) is 19.9 Å². The molecule has 5 heteroatoms. The zero-order chi connectivity index (χ0) is 40.3. The number of nitrogens with zero attached hydrogens (tertiary/aromatic N) is 5. The topological polar surface area (TPSA) is 75.3 Å². The number of hydrogen-bond donors (Lipinski definition) is 0. The van der Waals surface area contributed by atoms with E-state index in [1.54, 1.807) is 0 Å². The molecule has 0 unspecified atom stereocenters. The van der Waals surface area contributed by atoms with E-state index in [1.165, 1.54) is 0 Å². The fraction of sp³-hybridized carbons (Fsp3) is 0. The molecule has 0 radical (unpaired) electrons. The molecule has 10 rings (SSSR count). The van der Waals surface area contributed by atoms with Crippen molar-refractivity contribution in [3.63, 3.8) is 0 Å². The molecule has 0 spiro atoms. The van der Waals surface area contributed by atoms with Crippen molar-refractivity contribution in [3.8, 4) is 96.1 Å². The fourth-order valence-corrected chi connectivity index (χ4v) is 7.76. The molecule has 8 aromatic carbocycles. The molecular weight excluding hydrogens is 731 g/mol. The second-order valence-electron chi connectivity index (χ2n) is 14.5. The van der Waals surface area contributed by atoms with Crippen LogP contribution < -0.4 is 0 Å². The van der Waals surface area contributed by atoms with Crippen molar-refractivity contribution >= 4 is 10.8 Å². The highest BCUT2D eigenvalue weighted by Crippen LogP contribution is 2.41. The van der Waals surface area contributed by atoms with Crippen LogP contribution in [-0.4, -0.2) is 19.9 Å². The van der Waals surface area contributed by atoms with Gasteiger partial charge in [-0.05, 0) is 40.3 Å². The second-order valence-corrected chi connectivity index (χ2v) is 14.5. The van der Waals surface area contributed by atoms with Crippen LogP contribution in [0.1, 0.15) is 5.56 Å². The summed E-state index contributed by atoms with van der Waals surface area (Å²) >= 11 is 0. The summed E-state index contributed by atoms with van der Waals surface area (Å²) in [5.74, 6) is 1.27. The molecule has 0 aliphatic carbocycles. The van der Waals surface area contributed by atoms with E-state index in [0.29, 0.717) is 17.2 Å². The lowest BCUT2D eigenvalue weighted by molar-refractivity contribution is 1.18. The highest BCUT2D eigenvalue weighted by atomic mass is 14.9. The molecule has 0 bridgehead atoms. The average molecular weight is 766 g/mol. The summed E-state index contributed by atoms with van der Waals surface area (Å²) in [5.41, 5.74) is 13.6. The molecule has 0 fully saturated rings. The van der Waals surface area contributed by atoms with Crippen LogP contribution >= 0.6 is 0 Å². The van der Waals surface area contributed by atoms with Crippen molar-refractivity contribution in [1.82, 2.24) is 19.9 Å². The first-order chi connectivity index (χ1) is 29.7. The summed E-state index contributed by atoms with van der Waals surface area (Å²) in [6, 6.07) is 74.3. The van der Waals surface area contributed by atoms with Gasteiger partial charge < -0.3 is 0 Å². The number of fused-ring (bicyclic) bond motifs is 1. The summed E-state index contributed by atoms with van der Waals surface area (Å²) in [7, 11) is 0. The monoisotopic (exact) mass is 765 g/mol. The zero-order valence-corrected chi connectivity index (χ0v) is 32.4. The minimum Gasteiger partial charge on any atom is -0.228 e. The van der Waals surface area contributed by atoms with Gasteiger partial charge >= 0.3 is 0 Å². The van der Waals surface area contributed by atoms with Crippen LogP contribution in [0.25, 0.3) is 101 Å². The van der Waals surface area contributed by atoms with Gasteiger partial charge in [0.05, 0.1) is 28.3 Å². The fourth-order valence-electron chi connectivity index (χ4n) is 7.76. The Kier molecular flexibility index (Phi) is 9.55. The van der Waals surface area contributed by atoms with Gasteiger partial charge in [0.2, 0.25) is 0 Å². The molecule has 2 heterocycles. The number of hydrogen-bond acceptors (Lipinski definition) is 5. The van der Waals surface area contributed by atoms with Crippen LogP contribution in [0, 0.1) is 11.3 Å². The number of aromatic nitrogens is 4. The van der Waals surface area contributed by atoms with E-state index in [2.05, 4.69) is 115 Å². The highest BCUT2D eigenvalue weighted by molar-refractivity contribution is 6.02. The van der Waals surface area contributed by atoms with Crippen LogP contribution in [0.3, 0.4) is 0 Å². The van der Waals surface area contributed by atoms with Crippen LogP contribution in [0.2, 0.25) is 0 Å². The molecule has 280 valence electrons. The van der Waals surface area contributed by atoms with Crippen LogP contribution in [-0.2, 0) is 0 Å². The Balaban J connectivity index is 1.07. The summed E-state index contributed by atoms with van der Waals surface area (Å²) in [5, 5.41) is 12.7. The normalized spacial score (nSPS) is 11.0. The predicted octanol–water partition coefficient (Wildman–Crippen LogP) is 13.6. The first-order valence-electron chi connectivity index (χ1n) is 19.9. The second kappa shape index (κ2) is 15.9. The van der Waals surface area contributed by atoms with E-state index in [0.717, 1.165) is 89.2 Å². The van der Waals surface area contributed by atoms with E-state index < -0.39 is 0 Å². The molecule has 0 aliphatic rings. The summed E-state index contributed by atoms with van der Waals surface area (Å²) in [6.45, 7) is 0. The molecule has 0 N–H and O–H groups in total. The Bertz CT molecular complexity index is 3050. The van der Waals surface area contributed by atoms with Crippen LogP contribution in [0.5, 0.6) is 0 Å². The zero-order valence-electron chi connectivity index (χ0n) is 32.4. The maximum atomic E-state index is 10.8. The van der Waals surface area contributed by atoms with E-state index >= 15 is 0 Å². The Hall–Kier alpha value is -8.33. The molecule has 0 saturated carbocycles. The minimum absolute atomic E-state index is 0.625. The van der Waals surface area contributed by atoms with Crippen molar-refractivity contribution in [2.24, 2.45) is 0 Å². The van der Waals surface area contributed by atoms with Gasteiger partial charge in [-0.3, -0.25) is 0 Å². The molecule has 5 nitrogen and oxygen atoms in total. The third kappa shape index (κ3) is 7.11. The molecule has 60 heavy (non-hydrogen) atoms. The molecule has 0 saturated heterocycles. The molecule has 0 amide bonds. The maximum Gasteiger partial charge on any atom is 0.160 e. The van der Waals surface area contributed by atoms with E-state index in [9.17, 15) is 5.26 Å². The Morgan fingerprint density at radius 2 is 0.667 bits per heavy atom. The molecule has 10 aromatic rings. The lowest BCUT2D eigenvalue weighted by atomic mass is 9.86. The maximum absolute atomic E-state index is 10.8. The van der Waals surface area contributed by atoms with Gasteiger partial charge in [0, 0.05) is 44.3 Å². The number of nitriles is 1. The van der Waals surface area contributed by atoms with Crippen molar-refractivity contribution in [2.45, 2.75) is 0 Å². The van der Waals surface area contributed by atoms with Crippen LogP contribution in [0.4, 0.5) is 0 Å². The van der Waals surface area contributed by atoms with Gasteiger partial charge in [-0.15, -0.1) is 0 Å². The smallest absolute Gasteiger partial charge is 0.160 e. The SMILES string of the molecule is N#Cc1c(-c2ccc(-c3nc(-c4ccccc4)cc(-c4ccccc4)n3)cc2)c(-c2ccc(-c3nc(-c4ccccc4)cc(-c4ccccc4)n3)cc2)cc2ccccc12. The van der Waals surface area contributed by atoms with Gasteiger partial charge in [0.25, 0.3) is 0 Å². The summed E-state index contributed by atoms with van der Waals surface area (Å²) in [4.78, 5) is 20.2. The van der Waals surface area contributed by atoms with Crippen molar-refractivity contribution < 1.29 is 0 Å². The number of benzene rings is 8. The first kappa shape index (κ1) is 36.0. The Morgan fingerprint density at radius 1 is 0.317 bits per heavy atom. The minimum atomic E-state index is 0.625. The predicted molar refractivity (Wildman–Crippen MR) is 243 cm³/mol. The lowest BCUT2D eigenvalue weighted by Crippen LogP contribution is -1.97. The van der Waals surface area contributed by atoms with Crippen LogP contribution in [0.15, 0.2) is 212 Å². The van der Waals surface area contributed by atoms with Crippen molar-refractivity contribution in [1.29, 1.82) is 5.26 Å². The Labute approximate surface area is 348 Å². The molecular formula is C55H35N5. The first-order valence-corrected chi connectivity index (χ1v) is 19.9. The Morgan fingerprint density at radius 3 is 1.07 bits per heavy atom. The molecule has 0 aliphatic heterocycles. The average Bonchev–Trinajstić information content (AvgIpc) is 3.34. The van der Waals surface area contributed by atoms with Crippen molar-refractivity contribution in [3.05, 3.63) is 218 Å². The summed E-state index contributed by atoms with van der Waals surface area (Å²) in [6.07, 6.45) is 0. The van der Waals surface area contributed by atoms with Gasteiger partial charge in [0.15, 0.2) is 11.6 Å². The third-order valence-electron chi connectivity index (χ3n) is 10.8. The van der Waals surface area contributed by atoms with E-state index in [1.807, 2.05) is 103 Å². The summed E-state index contributed by atoms with van der Waals surface area (Å²) < 4.78 is 0. The van der Waals surface area contributed by atoms with Crippen molar-refractivity contribution in [2.75, 3.05) is 0 Å². The quantitative estimate of drug-likeness (QED) is 0.154. The highest BCUT2D eigenvalue weighted by Gasteiger charge is 2.19. The van der Waals surface area contributed by atoms with Gasteiger partial charge in [-0.2, -0.15) is 5.26 Å². The molecule has 2 aromatic heterocycles. The third-order valence-corrected chi connectivity index (χ3v) is 10.8. The van der Waals surface area contributed by atoms with E-state index in [4.69, 9.17) is 19.9 Å². The van der Waals surface area contributed by atoms with E-state index in [-0.39, 0.29) is 0 Å². The number of rotatable bonds is 8. The largest absolute Gasteiger partial charge is 0.228 e. The standard InChI is InChI=1S/C55H35N5/c56-36-48-46-24-14-13-23-45(46)33-47(37-25-29-43(30-26-37)54-57-49(38-15-5-1-6-16-38)34-50(58-54)39-17-7-2-8-18-39)53(48)42-27-31-44(32-28-42)55-59-51(40-19-9-3-10-20-40)35-52(60-55)41-21-11-4-12-22-41/h1-35H. The van der Waals surface area contributed by atoms with Gasteiger partial charge in [0.1, 0.15) is 6.07 Å². The molecule has 0 atom stereocenters. The van der Waals surface area contributed by atoms with Gasteiger partial charge in [-0.1, -0.05) is 194 Å².